The number of amides is 3. The van der Waals surface area contributed by atoms with Gasteiger partial charge in [-0.15, -0.1) is 0 Å². The molecule has 44 heavy (non-hydrogen) atoms. The number of fused-ring (bicyclic) bond motifs is 1. The minimum absolute atomic E-state index is 0.00850. The highest BCUT2D eigenvalue weighted by molar-refractivity contribution is 6.07. The normalized spacial score (nSPS) is 11.5. The molecule has 0 fully saturated rings. The molecule has 0 radical (unpaired) electrons. The molecule has 0 spiro atoms. The Hall–Kier alpha value is -4.79. The maximum atomic E-state index is 13.1. The Bertz CT molecular complexity index is 1470. The molecule has 0 unspecified atom stereocenters. The van der Waals surface area contributed by atoms with Crippen LogP contribution in [0.2, 0.25) is 0 Å². The van der Waals surface area contributed by atoms with E-state index in [-0.39, 0.29) is 43.3 Å². The number of nitrogens with two attached hydrogens (primary N) is 2. The molecule has 1 atom stereocenters. The summed E-state index contributed by atoms with van der Waals surface area (Å²) in [5, 5.41) is 5.33. The summed E-state index contributed by atoms with van der Waals surface area (Å²) in [5.41, 5.74) is 11.6. The molecule has 6 N–H and O–H groups in total. The lowest BCUT2D eigenvalue weighted by molar-refractivity contribution is -0.122. The third-order valence-electron chi connectivity index (χ3n) is 6.16. The molecule has 0 aliphatic heterocycles. The van der Waals surface area contributed by atoms with E-state index in [1.165, 1.54) is 18.2 Å². The number of carbonyl (C=O) groups excluding carboxylic acids is 3. The molecule has 14 nitrogen and oxygen atoms in total. The topological polar surface area (TPSA) is 207 Å². The third kappa shape index (κ3) is 11.5. The number of alkyl carbamates (subject to hydrolysis) is 1. The molecule has 236 valence electrons. The van der Waals surface area contributed by atoms with Crippen LogP contribution in [-0.4, -0.2) is 70.0 Å². The first-order valence-electron chi connectivity index (χ1n) is 13.9. The number of carbonyl (C=O) groups is 3. The second-order valence-corrected chi connectivity index (χ2v) is 9.49. The molecule has 0 aliphatic rings. The molecular formula is C30H37N5O9. The highest BCUT2D eigenvalue weighted by atomic mass is 16.5. The van der Waals surface area contributed by atoms with Crippen LogP contribution >= 0.6 is 0 Å². The number of aliphatic imine (C=N–C) groups is 1. The average Bonchev–Trinajstić information content (AvgIpc) is 3.00. The van der Waals surface area contributed by atoms with Crippen molar-refractivity contribution < 1.29 is 37.7 Å². The van der Waals surface area contributed by atoms with Crippen molar-refractivity contribution in [3.8, 4) is 0 Å². The minimum atomic E-state index is -1.13. The number of imide groups is 1. The molecule has 0 saturated heterocycles. The number of hydrogen-bond donors (Lipinski definition) is 4. The molecule has 1 heterocycles. The summed E-state index contributed by atoms with van der Waals surface area (Å²) in [6.07, 6.45) is -0.398. The average molecular weight is 612 g/mol. The lowest BCUT2D eigenvalue weighted by Crippen LogP contribution is -2.48. The van der Waals surface area contributed by atoms with Gasteiger partial charge in [-0.3, -0.25) is 19.9 Å². The van der Waals surface area contributed by atoms with Crippen LogP contribution in [0.15, 0.2) is 68.8 Å². The first kappa shape index (κ1) is 33.7. The van der Waals surface area contributed by atoms with Crippen molar-refractivity contribution >= 4 is 34.8 Å². The lowest BCUT2D eigenvalue weighted by atomic mass is 10.1. The van der Waals surface area contributed by atoms with Crippen molar-refractivity contribution in [2.24, 2.45) is 16.5 Å². The number of nitrogens with zero attached hydrogens (tertiary/aromatic N) is 1. The van der Waals surface area contributed by atoms with E-state index in [0.717, 1.165) is 5.56 Å². The molecule has 14 heteroatoms. The molecular weight excluding hydrogens is 574 g/mol. The van der Waals surface area contributed by atoms with Crippen molar-refractivity contribution in [1.82, 2.24) is 10.6 Å². The largest absolute Gasteiger partial charge is 0.445 e. The predicted octanol–water partition coefficient (Wildman–Crippen LogP) is 1.58. The van der Waals surface area contributed by atoms with Gasteiger partial charge in [-0.1, -0.05) is 36.4 Å². The molecule has 2 aromatic carbocycles. The van der Waals surface area contributed by atoms with Gasteiger partial charge in [0.05, 0.1) is 33.0 Å². The van der Waals surface area contributed by atoms with Crippen LogP contribution < -0.4 is 27.7 Å². The third-order valence-corrected chi connectivity index (χ3v) is 6.16. The Kier molecular flexibility index (Phi) is 13.8. The molecule has 0 aliphatic carbocycles. The van der Waals surface area contributed by atoms with Crippen molar-refractivity contribution in [3.05, 3.63) is 81.7 Å². The van der Waals surface area contributed by atoms with Crippen LogP contribution in [0.5, 0.6) is 0 Å². The fraction of sp³-hybridized carbons (Fsp3) is 0.367. The van der Waals surface area contributed by atoms with Crippen LogP contribution in [-0.2, 0) is 37.0 Å². The van der Waals surface area contributed by atoms with E-state index in [0.29, 0.717) is 43.8 Å². The van der Waals surface area contributed by atoms with Crippen molar-refractivity contribution in [2.75, 3.05) is 40.1 Å². The predicted molar refractivity (Wildman–Crippen MR) is 161 cm³/mol. The number of methoxy groups -OCH3 is 1. The molecule has 3 rings (SSSR count). The summed E-state index contributed by atoms with van der Waals surface area (Å²) in [6.45, 7) is 1.89. The van der Waals surface area contributed by atoms with Crippen molar-refractivity contribution in [3.63, 3.8) is 0 Å². The van der Waals surface area contributed by atoms with E-state index in [1.54, 1.807) is 37.4 Å². The quantitative estimate of drug-likeness (QED) is 0.0746. The summed E-state index contributed by atoms with van der Waals surface area (Å²) < 4.78 is 26.4. The standard InChI is InChI=1S/C30H37N5O9/c1-40-12-13-41-14-15-42-19-22-17-26(36)44-25-16-21(9-10-23(22)25)27(37)35-28(38)24(8-5-11-33-29(31)32)34-30(39)43-18-20-6-3-2-4-7-20/h2-4,6-7,9-10,16-17,24H,5,8,11-15,18-19H2,1H3,(H,34,39)(H4,31,32,33)(H,35,37,38)/t24-/m0/s1. The number of hydrogen-bond acceptors (Lipinski definition) is 10. The fourth-order valence-electron chi connectivity index (χ4n) is 3.99. The fourth-order valence-corrected chi connectivity index (χ4v) is 3.99. The van der Waals surface area contributed by atoms with Gasteiger partial charge in [0.25, 0.3) is 5.91 Å². The minimum Gasteiger partial charge on any atom is -0.445 e. The maximum Gasteiger partial charge on any atom is 0.408 e. The summed E-state index contributed by atoms with van der Waals surface area (Å²) in [7, 11) is 1.58. The van der Waals surface area contributed by atoms with Crippen LogP contribution in [0.4, 0.5) is 4.79 Å². The Morgan fingerprint density at radius 3 is 2.45 bits per heavy atom. The van der Waals surface area contributed by atoms with Gasteiger partial charge >= 0.3 is 11.7 Å². The lowest BCUT2D eigenvalue weighted by Gasteiger charge is -2.18. The zero-order valence-electron chi connectivity index (χ0n) is 24.4. The zero-order chi connectivity index (χ0) is 31.7. The number of rotatable bonds is 17. The SMILES string of the molecule is COCCOCCOCc1cc(=O)oc2cc(C(=O)NC(=O)[C@H](CCCN=C(N)N)NC(=O)OCc3ccccc3)ccc12. The van der Waals surface area contributed by atoms with E-state index in [4.69, 9.17) is 34.8 Å². The summed E-state index contributed by atoms with van der Waals surface area (Å²) in [5.74, 6) is -1.64. The monoisotopic (exact) mass is 611 g/mol. The Morgan fingerprint density at radius 2 is 1.70 bits per heavy atom. The molecule has 3 aromatic rings. The number of ether oxygens (including phenoxy) is 4. The van der Waals surface area contributed by atoms with Gasteiger partial charge in [-0.05, 0) is 36.1 Å². The van der Waals surface area contributed by atoms with Gasteiger partial charge in [-0.25, -0.2) is 9.59 Å². The maximum absolute atomic E-state index is 13.1. The van der Waals surface area contributed by atoms with Gasteiger partial charge in [0.15, 0.2) is 5.96 Å². The molecule has 0 bridgehead atoms. The van der Waals surface area contributed by atoms with Crippen LogP contribution in [0.25, 0.3) is 11.0 Å². The number of guanidine groups is 1. The van der Waals surface area contributed by atoms with E-state index < -0.39 is 29.6 Å². The molecule has 1 aromatic heterocycles. The second-order valence-electron chi connectivity index (χ2n) is 9.49. The Balaban J connectivity index is 1.64. The summed E-state index contributed by atoms with van der Waals surface area (Å²) >= 11 is 0. The molecule has 0 saturated carbocycles. The summed E-state index contributed by atoms with van der Waals surface area (Å²) in [4.78, 5) is 54.6. The van der Waals surface area contributed by atoms with E-state index in [2.05, 4.69) is 15.6 Å². The number of nitrogens with one attached hydrogen (secondary N) is 2. The van der Waals surface area contributed by atoms with Gasteiger partial charge in [0.2, 0.25) is 5.91 Å². The Labute approximate surface area is 253 Å². The first-order valence-corrected chi connectivity index (χ1v) is 13.9. The van der Waals surface area contributed by atoms with Gasteiger partial charge < -0.3 is 40.1 Å². The van der Waals surface area contributed by atoms with Gasteiger partial charge in [0.1, 0.15) is 18.2 Å². The highest BCUT2D eigenvalue weighted by Crippen LogP contribution is 2.20. The van der Waals surface area contributed by atoms with Crippen molar-refractivity contribution in [1.29, 1.82) is 0 Å². The smallest absolute Gasteiger partial charge is 0.408 e. The van der Waals surface area contributed by atoms with E-state index >= 15 is 0 Å². The van der Waals surface area contributed by atoms with Crippen LogP contribution in [0, 0.1) is 0 Å². The zero-order valence-corrected chi connectivity index (χ0v) is 24.4. The number of benzene rings is 2. The van der Waals surface area contributed by atoms with Gasteiger partial charge in [-0.2, -0.15) is 0 Å². The summed E-state index contributed by atoms with van der Waals surface area (Å²) in [6, 6.07) is 13.6. The van der Waals surface area contributed by atoms with E-state index in [9.17, 15) is 19.2 Å². The van der Waals surface area contributed by atoms with E-state index in [1.807, 2.05) is 6.07 Å². The first-order chi connectivity index (χ1) is 21.3. The Morgan fingerprint density at radius 1 is 0.955 bits per heavy atom. The van der Waals surface area contributed by atoms with Crippen LogP contribution in [0.3, 0.4) is 0 Å². The van der Waals surface area contributed by atoms with Crippen molar-refractivity contribution in [2.45, 2.75) is 32.1 Å². The second kappa shape index (κ2) is 18.0. The van der Waals surface area contributed by atoms with Gasteiger partial charge in [0, 0.05) is 30.7 Å². The molecule has 3 amide bonds. The highest BCUT2D eigenvalue weighted by Gasteiger charge is 2.24. The van der Waals surface area contributed by atoms with Crippen LogP contribution in [0.1, 0.15) is 34.3 Å².